The summed E-state index contributed by atoms with van der Waals surface area (Å²) >= 11 is 0. The lowest BCUT2D eigenvalue weighted by Gasteiger charge is -2.18. The number of nitrogens with zero attached hydrogens (tertiary/aromatic N) is 1. The van der Waals surface area contributed by atoms with Crippen LogP contribution in [0.15, 0.2) is 48.5 Å². The molecule has 0 aliphatic rings. The predicted molar refractivity (Wildman–Crippen MR) is 86.2 cm³/mol. The maximum atomic E-state index is 10.8. The van der Waals surface area contributed by atoms with Crippen molar-refractivity contribution < 1.29 is 9.90 Å². The highest BCUT2D eigenvalue weighted by Gasteiger charge is 2.07. The molecule has 4 heteroatoms. The number of carboxylic acids is 1. The zero-order valence-corrected chi connectivity index (χ0v) is 12.5. The van der Waals surface area contributed by atoms with Crippen molar-refractivity contribution in [2.24, 2.45) is 0 Å². The predicted octanol–water partition coefficient (Wildman–Crippen LogP) is 3.62. The molecule has 1 unspecified atom stereocenters. The average molecular weight is 284 g/mol. The third kappa shape index (κ3) is 3.75. The molecule has 2 aromatic rings. The number of anilines is 2. The molecule has 0 saturated heterocycles. The van der Waals surface area contributed by atoms with E-state index in [1.54, 1.807) is 24.3 Å². The van der Waals surface area contributed by atoms with E-state index < -0.39 is 5.97 Å². The summed E-state index contributed by atoms with van der Waals surface area (Å²) < 4.78 is 0. The van der Waals surface area contributed by atoms with Gasteiger partial charge in [0.2, 0.25) is 0 Å². The number of benzene rings is 2. The third-order valence-electron chi connectivity index (χ3n) is 3.42. The zero-order valence-electron chi connectivity index (χ0n) is 12.5. The van der Waals surface area contributed by atoms with Crippen LogP contribution in [-0.4, -0.2) is 25.2 Å². The second kappa shape index (κ2) is 6.31. The first-order valence-electron chi connectivity index (χ1n) is 6.84. The van der Waals surface area contributed by atoms with Gasteiger partial charge in [-0.2, -0.15) is 0 Å². The summed E-state index contributed by atoms with van der Waals surface area (Å²) in [5.74, 6) is -0.908. The Morgan fingerprint density at radius 1 is 1.05 bits per heavy atom. The van der Waals surface area contributed by atoms with Gasteiger partial charge in [0.05, 0.1) is 5.56 Å². The molecule has 4 nitrogen and oxygen atoms in total. The molecule has 0 heterocycles. The van der Waals surface area contributed by atoms with Crippen LogP contribution < -0.4 is 10.2 Å². The molecule has 0 aliphatic carbocycles. The van der Waals surface area contributed by atoms with Gasteiger partial charge in [0, 0.05) is 31.5 Å². The molecule has 0 radical (unpaired) electrons. The quantitative estimate of drug-likeness (QED) is 0.880. The first-order chi connectivity index (χ1) is 9.97. The molecule has 2 N–H and O–H groups in total. The van der Waals surface area contributed by atoms with Crippen molar-refractivity contribution in [2.75, 3.05) is 24.3 Å². The van der Waals surface area contributed by atoms with Gasteiger partial charge in [-0.3, -0.25) is 0 Å². The highest BCUT2D eigenvalue weighted by atomic mass is 16.4. The van der Waals surface area contributed by atoms with Crippen molar-refractivity contribution >= 4 is 17.3 Å². The number of aromatic carboxylic acids is 1. The van der Waals surface area contributed by atoms with Crippen molar-refractivity contribution in [3.05, 3.63) is 59.7 Å². The Labute approximate surface area is 125 Å². The van der Waals surface area contributed by atoms with Gasteiger partial charge in [-0.05, 0) is 48.9 Å². The molecular formula is C17H20N2O2. The molecule has 0 aromatic heterocycles. The Morgan fingerprint density at radius 2 is 1.62 bits per heavy atom. The van der Waals surface area contributed by atoms with E-state index in [2.05, 4.69) is 41.4 Å². The van der Waals surface area contributed by atoms with Gasteiger partial charge in [0.15, 0.2) is 0 Å². The van der Waals surface area contributed by atoms with Gasteiger partial charge in [0.1, 0.15) is 0 Å². The monoisotopic (exact) mass is 284 g/mol. The molecule has 0 saturated carbocycles. The number of carbonyl (C=O) groups is 1. The van der Waals surface area contributed by atoms with Crippen LogP contribution in [0.1, 0.15) is 28.9 Å². The Hall–Kier alpha value is -2.49. The lowest BCUT2D eigenvalue weighted by atomic mass is 10.1. The van der Waals surface area contributed by atoms with E-state index >= 15 is 0 Å². The lowest BCUT2D eigenvalue weighted by molar-refractivity contribution is 0.0697. The van der Waals surface area contributed by atoms with Crippen LogP contribution in [0, 0.1) is 0 Å². The summed E-state index contributed by atoms with van der Waals surface area (Å²) in [5, 5.41) is 12.2. The van der Waals surface area contributed by atoms with Crippen molar-refractivity contribution in [2.45, 2.75) is 13.0 Å². The van der Waals surface area contributed by atoms with Crippen LogP contribution in [-0.2, 0) is 0 Å². The van der Waals surface area contributed by atoms with Crippen molar-refractivity contribution in [1.29, 1.82) is 0 Å². The Balaban J connectivity index is 2.06. The van der Waals surface area contributed by atoms with Gasteiger partial charge in [-0.15, -0.1) is 0 Å². The second-order valence-corrected chi connectivity index (χ2v) is 5.23. The van der Waals surface area contributed by atoms with Gasteiger partial charge in [-0.25, -0.2) is 4.79 Å². The zero-order chi connectivity index (χ0) is 15.4. The molecule has 0 aliphatic heterocycles. The lowest BCUT2D eigenvalue weighted by Crippen LogP contribution is -2.10. The van der Waals surface area contributed by atoms with E-state index in [1.807, 2.05) is 14.1 Å². The normalized spacial score (nSPS) is 11.8. The van der Waals surface area contributed by atoms with E-state index in [0.717, 1.165) is 11.4 Å². The summed E-state index contributed by atoms with van der Waals surface area (Å²) in [6.45, 7) is 2.08. The van der Waals surface area contributed by atoms with Gasteiger partial charge in [0.25, 0.3) is 0 Å². The van der Waals surface area contributed by atoms with E-state index in [-0.39, 0.29) is 6.04 Å². The number of carboxylic acid groups (broad SMARTS) is 1. The van der Waals surface area contributed by atoms with Crippen molar-refractivity contribution in [3.8, 4) is 0 Å². The Morgan fingerprint density at radius 3 is 2.10 bits per heavy atom. The van der Waals surface area contributed by atoms with Crippen molar-refractivity contribution in [3.63, 3.8) is 0 Å². The molecular weight excluding hydrogens is 264 g/mol. The van der Waals surface area contributed by atoms with Crippen molar-refractivity contribution in [1.82, 2.24) is 0 Å². The fourth-order valence-corrected chi connectivity index (χ4v) is 2.10. The minimum atomic E-state index is -0.908. The second-order valence-electron chi connectivity index (χ2n) is 5.23. The minimum Gasteiger partial charge on any atom is -0.478 e. The number of hydrogen-bond acceptors (Lipinski definition) is 3. The molecule has 110 valence electrons. The first-order valence-corrected chi connectivity index (χ1v) is 6.84. The number of hydrogen-bond donors (Lipinski definition) is 2. The fourth-order valence-electron chi connectivity index (χ4n) is 2.10. The Kier molecular flexibility index (Phi) is 4.48. The third-order valence-corrected chi connectivity index (χ3v) is 3.42. The van der Waals surface area contributed by atoms with E-state index in [9.17, 15) is 4.79 Å². The molecule has 2 rings (SSSR count). The largest absolute Gasteiger partial charge is 0.478 e. The maximum Gasteiger partial charge on any atom is 0.335 e. The van der Waals surface area contributed by atoms with Gasteiger partial charge < -0.3 is 15.3 Å². The summed E-state index contributed by atoms with van der Waals surface area (Å²) in [6.07, 6.45) is 0. The molecule has 1 atom stereocenters. The van der Waals surface area contributed by atoms with E-state index in [4.69, 9.17) is 5.11 Å². The van der Waals surface area contributed by atoms with Crippen LogP contribution in [0.5, 0.6) is 0 Å². The van der Waals surface area contributed by atoms with E-state index in [0.29, 0.717) is 5.56 Å². The summed E-state index contributed by atoms with van der Waals surface area (Å²) in [5.41, 5.74) is 3.55. The average Bonchev–Trinajstić information content (AvgIpc) is 2.47. The van der Waals surface area contributed by atoms with Crippen LogP contribution in [0.2, 0.25) is 0 Å². The summed E-state index contributed by atoms with van der Waals surface area (Å²) in [6, 6.07) is 15.3. The van der Waals surface area contributed by atoms with Crippen LogP contribution in [0.4, 0.5) is 11.4 Å². The highest BCUT2D eigenvalue weighted by Crippen LogP contribution is 2.22. The van der Waals surface area contributed by atoms with Gasteiger partial charge >= 0.3 is 5.97 Å². The summed E-state index contributed by atoms with van der Waals surface area (Å²) in [7, 11) is 4.03. The SMILES string of the molecule is CC(Nc1ccc(C(=O)O)cc1)c1ccc(N(C)C)cc1. The molecule has 2 aromatic carbocycles. The topological polar surface area (TPSA) is 52.6 Å². The van der Waals surface area contributed by atoms with E-state index in [1.165, 1.54) is 5.56 Å². The maximum absolute atomic E-state index is 10.8. The van der Waals surface area contributed by atoms with Crippen LogP contribution >= 0.6 is 0 Å². The molecule has 0 amide bonds. The highest BCUT2D eigenvalue weighted by molar-refractivity contribution is 5.88. The van der Waals surface area contributed by atoms with Crippen LogP contribution in [0.25, 0.3) is 0 Å². The van der Waals surface area contributed by atoms with Crippen LogP contribution in [0.3, 0.4) is 0 Å². The molecule has 21 heavy (non-hydrogen) atoms. The standard InChI is InChI=1S/C17H20N2O2/c1-12(13-6-10-16(11-7-13)19(2)3)18-15-8-4-14(5-9-15)17(20)21/h4-12,18H,1-3H3,(H,20,21). The number of rotatable bonds is 5. The first kappa shape index (κ1) is 14.9. The number of nitrogens with one attached hydrogen (secondary N) is 1. The molecule has 0 fully saturated rings. The summed E-state index contributed by atoms with van der Waals surface area (Å²) in [4.78, 5) is 12.9. The fraction of sp³-hybridized carbons (Fsp3) is 0.235. The Bertz CT molecular complexity index is 604. The van der Waals surface area contributed by atoms with Gasteiger partial charge in [-0.1, -0.05) is 12.1 Å². The molecule has 0 bridgehead atoms. The smallest absolute Gasteiger partial charge is 0.335 e. The molecule has 0 spiro atoms. The minimum absolute atomic E-state index is 0.150.